The Labute approximate surface area is 83.9 Å². The van der Waals surface area contributed by atoms with E-state index in [9.17, 15) is 0 Å². The van der Waals surface area contributed by atoms with Gasteiger partial charge < -0.3 is 0 Å². The second-order valence-electron chi connectivity index (χ2n) is 3.52. The molecule has 1 aliphatic heterocycles. The van der Waals surface area contributed by atoms with Crippen LogP contribution in [0.25, 0.3) is 0 Å². The standard InChI is InChI=1S/C7H8Br2Se/c8-4-2-1-3-6(4)10-7(3)5(2)9/h2-7H,1H2/t2?,3?,4-,5+,6-,7+. The third-order valence-corrected chi connectivity index (χ3v) is 11.2. The molecule has 3 heteroatoms. The van der Waals surface area contributed by atoms with Crippen LogP contribution in [0.1, 0.15) is 6.42 Å². The molecule has 3 rings (SSSR count). The van der Waals surface area contributed by atoms with Gasteiger partial charge >= 0.3 is 84.4 Å². The quantitative estimate of drug-likeness (QED) is 0.473. The number of hydrogen-bond acceptors (Lipinski definition) is 0. The van der Waals surface area contributed by atoms with Crippen LogP contribution in [0.15, 0.2) is 0 Å². The van der Waals surface area contributed by atoms with Gasteiger partial charge in [-0.15, -0.1) is 0 Å². The average molecular weight is 331 g/mol. The number of alkyl halides is 2. The SMILES string of the molecule is Br[C@@H]1C2CC3[C@H]1[Se][C@@H]3[C@H]2Br. The fourth-order valence-electron chi connectivity index (χ4n) is 2.61. The van der Waals surface area contributed by atoms with Gasteiger partial charge in [-0.3, -0.25) is 0 Å². The zero-order valence-electron chi connectivity index (χ0n) is 5.34. The van der Waals surface area contributed by atoms with Gasteiger partial charge in [0.2, 0.25) is 0 Å². The molecule has 1 saturated heterocycles. The first kappa shape index (κ1) is 6.94. The Balaban J connectivity index is 2.00. The summed E-state index contributed by atoms with van der Waals surface area (Å²) in [6, 6.07) is 0. The molecule has 10 heavy (non-hydrogen) atoms. The molecule has 0 aromatic heterocycles. The van der Waals surface area contributed by atoms with Crippen molar-refractivity contribution in [3.8, 4) is 0 Å². The normalized spacial score (nSPS) is 70.2. The molecule has 2 bridgehead atoms. The summed E-state index contributed by atoms with van der Waals surface area (Å²) in [6.07, 6.45) is 1.52. The summed E-state index contributed by atoms with van der Waals surface area (Å²) in [5, 5.41) is 0. The number of hydrogen-bond donors (Lipinski definition) is 0. The van der Waals surface area contributed by atoms with E-state index in [-0.39, 0.29) is 0 Å². The van der Waals surface area contributed by atoms with Crippen LogP contribution in [-0.2, 0) is 0 Å². The molecule has 0 spiro atoms. The zero-order valence-corrected chi connectivity index (χ0v) is 10.2. The molecule has 3 fully saturated rings. The van der Waals surface area contributed by atoms with E-state index in [2.05, 4.69) is 31.9 Å². The van der Waals surface area contributed by atoms with Crippen LogP contribution in [-0.4, -0.2) is 24.6 Å². The van der Waals surface area contributed by atoms with Gasteiger partial charge in [0.15, 0.2) is 0 Å². The van der Waals surface area contributed by atoms with E-state index in [0.717, 1.165) is 46.1 Å². The molecular formula is C7H8Br2Se. The zero-order chi connectivity index (χ0) is 6.88. The van der Waals surface area contributed by atoms with Crippen LogP contribution in [0.2, 0.25) is 9.63 Å². The van der Waals surface area contributed by atoms with Crippen molar-refractivity contribution in [1.29, 1.82) is 0 Å². The molecule has 0 N–H and O–H groups in total. The van der Waals surface area contributed by atoms with Gasteiger partial charge in [0.25, 0.3) is 0 Å². The Kier molecular flexibility index (Phi) is 1.42. The van der Waals surface area contributed by atoms with Gasteiger partial charge in [-0.2, -0.15) is 0 Å². The van der Waals surface area contributed by atoms with E-state index < -0.39 is 0 Å². The van der Waals surface area contributed by atoms with E-state index in [1.54, 1.807) is 0 Å². The van der Waals surface area contributed by atoms with Crippen LogP contribution in [0.5, 0.6) is 0 Å². The van der Waals surface area contributed by atoms with E-state index in [4.69, 9.17) is 0 Å². The maximum atomic E-state index is 3.82. The minimum atomic E-state index is 0.881. The number of fused-ring (bicyclic) bond motifs is 1. The molecule has 0 aromatic carbocycles. The third-order valence-electron chi connectivity index (χ3n) is 3.15. The molecule has 0 aromatic rings. The first-order valence-corrected chi connectivity index (χ1v) is 7.53. The fourth-order valence-corrected chi connectivity index (χ4v) is 9.88. The summed E-state index contributed by atoms with van der Waals surface area (Å²) < 4.78 is 0. The van der Waals surface area contributed by atoms with Crippen LogP contribution in [0.3, 0.4) is 0 Å². The van der Waals surface area contributed by atoms with Crippen LogP contribution in [0, 0.1) is 11.8 Å². The van der Waals surface area contributed by atoms with Crippen molar-refractivity contribution in [2.75, 3.05) is 0 Å². The van der Waals surface area contributed by atoms with Gasteiger partial charge in [-0.1, -0.05) is 0 Å². The molecular weight excluding hydrogens is 323 g/mol. The first-order chi connectivity index (χ1) is 4.79. The summed E-state index contributed by atoms with van der Waals surface area (Å²) >= 11 is 8.62. The Morgan fingerprint density at radius 1 is 1.00 bits per heavy atom. The molecule has 3 aliphatic rings. The van der Waals surface area contributed by atoms with Crippen molar-refractivity contribution in [3.63, 3.8) is 0 Å². The van der Waals surface area contributed by atoms with Crippen molar-refractivity contribution in [1.82, 2.24) is 0 Å². The maximum absolute atomic E-state index is 3.82. The van der Waals surface area contributed by atoms with Gasteiger partial charge in [0, 0.05) is 0 Å². The van der Waals surface area contributed by atoms with Gasteiger partial charge in [0.05, 0.1) is 0 Å². The van der Waals surface area contributed by atoms with Gasteiger partial charge in [-0.05, 0) is 0 Å². The molecule has 0 nitrogen and oxygen atoms in total. The summed E-state index contributed by atoms with van der Waals surface area (Å²) in [7, 11) is 0. The van der Waals surface area contributed by atoms with Gasteiger partial charge in [0.1, 0.15) is 0 Å². The molecule has 2 saturated carbocycles. The molecule has 1 heterocycles. The first-order valence-electron chi connectivity index (χ1n) is 3.72. The van der Waals surface area contributed by atoms with Crippen LogP contribution < -0.4 is 0 Å². The van der Waals surface area contributed by atoms with Gasteiger partial charge in [-0.25, -0.2) is 0 Å². The summed E-state index contributed by atoms with van der Waals surface area (Å²) in [4.78, 5) is 4.01. The second-order valence-corrected chi connectivity index (χ2v) is 8.49. The number of halogens is 2. The van der Waals surface area contributed by atoms with Crippen molar-refractivity contribution in [3.05, 3.63) is 0 Å². The van der Waals surface area contributed by atoms with Crippen molar-refractivity contribution < 1.29 is 0 Å². The Hall–Kier alpha value is 1.48. The predicted molar refractivity (Wildman–Crippen MR) is 50.3 cm³/mol. The van der Waals surface area contributed by atoms with E-state index in [1.165, 1.54) is 6.42 Å². The summed E-state index contributed by atoms with van der Waals surface area (Å²) in [5.74, 6) is 2.11. The second kappa shape index (κ2) is 2.04. The van der Waals surface area contributed by atoms with E-state index >= 15 is 0 Å². The van der Waals surface area contributed by atoms with Crippen molar-refractivity contribution in [2.45, 2.75) is 25.7 Å². The average Bonchev–Trinajstić information content (AvgIpc) is 2.16. The topological polar surface area (TPSA) is 0 Å². The Morgan fingerprint density at radius 3 is 1.90 bits per heavy atom. The van der Waals surface area contributed by atoms with E-state index in [0.29, 0.717) is 0 Å². The van der Waals surface area contributed by atoms with Crippen LogP contribution >= 0.6 is 31.9 Å². The Morgan fingerprint density at radius 2 is 1.60 bits per heavy atom. The Bertz CT molecular complexity index is 164. The minimum absolute atomic E-state index is 0.881. The van der Waals surface area contributed by atoms with E-state index in [1.807, 2.05) is 0 Å². The van der Waals surface area contributed by atoms with Crippen molar-refractivity contribution in [2.24, 2.45) is 11.8 Å². The van der Waals surface area contributed by atoms with Crippen LogP contribution in [0.4, 0.5) is 0 Å². The molecule has 0 radical (unpaired) electrons. The summed E-state index contributed by atoms with van der Waals surface area (Å²) in [6.45, 7) is 0. The van der Waals surface area contributed by atoms with Crippen molar-refractivity contribution >= 4 is 46.8 Å². The molecule has 6 atom stereocenters. The summed E-state index contributed by atoms with van der Waals surface area (Å²) in [5.41, 5.74) is 0. The molecule has 0 amide bonds. The molecule has 2 unspecified atom stereocenters. The molecule has 2 aliphatic carbocycles. The predicted octanol–water partition coefficient (Wildman–Crippen LogP) is 2.46. The molecule has 56 valence electrons. The number of rotatable bonds is 0. The monoisotopic (exact) mass is 330 g/mol. The fraction of sp³-hybridized carbons (Fsp3) is 1.00. The third kappa shape index (κ3) is 0.608.